The molecule has 1 saturated carbocycles. The van der Waals surface area contributed by atoms with E-state index >= 15 is 0 Å². The van der Waals surface area contributed by atoms with Crippen LogP contribution in [0.2, 0.25) is 0 Å². The number of carbonyl (C=O) groups excluding carboxylic acids is 2. The van der Waals surface area contributed by atoms with E-state index in [-0.39, 0.29) is 29.6 Å². The van der Waals surface area contributed by atoms with E-state index in [2.05, 4.69) is 31.1 Å². The van der Waals surface area contributed by atoms with Crippen molar-refractivity contribution in [3.05, 3.63) is 50.8 Å². The summed E-state index contributed by atoms with van der Waals surface area (Å²) in [4.78, 5) is 34.4. The minimum Gasteiger partial charge on any atom is -0.461 e. The van der Waals surface area contributed by atoms with Gasteiger partial charge in [0.25, 0.3) is 0 Å². The highest BCUT2D eigenvalue weighted by atomic mass is 79.9. The van der Waals surface area contributed by atoms with Crippen molar-refractivity contribution in [2.24, 2.45) is 9.98 Å². The van der Waals surface area contributed by atoms with Crippen LogP contribution in [0.15, 0.2) is 37.2 Å². The molecule has 1 aromatic carbocycles. The number of aliphatic imine (C=N–C) groups is 2. The molecule has 0 spiro atoms. The lowest BCUT2D eigenvalue weighted by Gasteiger charge is -2.22. The fraction of sp³-hybridized carbons (Fsp3) is 0.381. The summed E-state index contributed by atoms with van der Waals surface area (Å²) in [5.74, 6) is -0.375. The molecule has 0 N–H and O–H groups in total. The van der Waals surface area contributed by atoms with Gasteiger partial charge in [-0.2, -0.15) is 0 Å². The van der Waals surface area contributed by atoms with E-state index in [0.717, 1.165) is 22.9 Å². The number of halogens is 1. The van der Waals surface area contributed by atoms with Gasteiger partial charge in [-0.3, -0.25) is 14.8 Å². The molecule has 0 atom stereocenters. The summed E-state index contributed by atoms with van der Waals surface area (Å²) in [6.07, 6.45) is 7.51. The second-order valence-electron chi connectivity index (χ2n) is 7.08. The smallest absolute Gasteiger partial charge is 0.361 e. The SMILES string of the molecule is CCOC(=O)c1noc(C2CC2)c1C(=O)c1ccc(Br)cc1CC1(SC)N=CC=N1. The molecule has 1 aliphatic carbocycles. The van der Waals surface area contributed by atoms with E-state index in [1.165, 1.54) is 11.8 Å². The number of esters is 1. The minimum atomic E-state index is -0.701. The van der Waals surface area contributed by atoms with E-state index in [9.17, 15) is 9.59 Å². The van der Waals surface area contributed by atoms with Gasteiger partial charge < -0.3 is 9.26 Å². The van der Waals surface area contributed by atoms with Crippen LogP contribution in [0.4, 0.5) is 0 Å². The maximum Gasteiger partial charge on any atom is 0.361 e. The number of rotatable bonds is 8. The van der Waals surface area contributed by atoms with Gasteiger partial charge in [-0.05, 0) is 49.8 Å². The van der Waals surface area contributed by atoms with Crippen molar-refractivity contribution in [2.75, 3.05) is 12.9 Å². The highest BCUT2D eigenvalue weighted by Crippen LogP contribution is 2.43. The summed E-state index contributed by atoms with van der Waals surface area (Å²) in [6.45, 7) is 1.90. The first-order valence-electron chi connectivity index (χ1n) is 9.62. The molecule has 0 saturated heterocycles. The Labute approximate surface area is 186 Å². The van der Waals surface area contributed by atoms with Crippen LogP contribution in [0.3, 0.4) is 0 Å². The molecule has 1 fully saturated rings. The minimum absolute atomic E-state index is 0.0610. The lowest BCUT2D eigenvalue weighted by Crippen LogP contribution is -2.22. The number of thioether (sulfide) groups is 1. The van der Waals surface area contributed by atoms with Gasteiger partial charge in [0.2, 0.25) is 10.7 Å². The van der Waals surface area contributed by atoms with Gasteiger partial charge in [0.1, 0.15) is 5.56 Å². The summed E-state index contributed by atoms with van der Waals surface area (Å²) >= 11 is 4.99. The second-order valence-corrected chi connectivity index (χ2v) is 9.05. The van der Waals surface area contributed by atoms with Crippen LogP contribution in [0.25, 0.3) is 0 Å². The first kappa shape index (κ1) is 21.0. The molecule has 1 aliphatic heterocycles. The molecule has 2 aromatic rings. The Hall–Kier alpha value is -2.26. The monoisotopic (exact) mass is 489 g/mol. The third-order valence-corrected chi connectivity index (χ3v) is 6.54. The Bertz CT molecular complexity index is 1050. The molecule has 7 nitrogen and oxygen atoms in total. The summed E-state index contributed by atoms with van der Waals surface area (Å²) < 4.78 is 11.4. The maximum atomic E-state index is 13.7. The largest absolute Gasteiger partial charge is 0.461 e. The topological polar surface area (TPSA) is 94.1 Å². The lowest BCUT2D eigenvalue weighted by atomic mass is 9.93. The normalized spacial score (nSPS) is 16.8. The average Bonchev–Trinajstić information content (AvgIpc) is 3.30. The average molecular weight is 490 g/mol. The predicted octanol–water partition coefficient (Wildman–Crippen LogP) is 4.44. The predicted molar refractivity (Wildman–Crippen MR) is 119 cm³/mol. The first-order valence-corrected chi connectivity index (χ1v) is 11.6. The molecule has 4 rings (SSSR count). The van der Waals surface area contributed by atoms with Crippen LogP contribution in [0.5, 0.6) is 0 Å². The molecule has 2 heterocycles. The first-order chi connectivity index (χ1) is 14.5. The third kappa shape index (κ3) is 4.00. The van der Waals surface area contributed by atoms with E-state index < -0.39 is 11.0 Å². The number of nitrogens with zero attached hydrogens (tertiary/aromatic N) is 3. The molecule has 2 aliphatic rings. The number of hydrogen-bond donors (Lipinski definition) is 0. The van der Waals surface area contributed by atoms with Gasteiger partial charge in [-0.1, -0.05) is 21.1 Å². The molecular formula is C21H20BrN3O4S. The summed E-state index contributed by atoms with van der Waals surface area (Å²) in [7, 11) is 0. The molecule has 30 heavy (non-hydrogen) atoms. The zero-order chi connectivity index (χ0) is 21.3. The van der Waals surface area contributed by atoms with E-state index in [0.29, 0.717) is 17.7 Å². The van der Waals surface area contributed by atoms with E-state index in [4.69, 9.17) is 9.26 Å². The van der Waals surface area contributed by atoms with Crippen LogP contribution in [0.1, 0.15) is 63.4 Å². The zero-order valence-corrected chi connectivity index (χ0v) is 19.0. The molecule has 156 valence electrons. The quantitative estimate of drug-likeness (QED) is 0.401. The Morgan fingerprint density at radius 3 is 2.67 bits per heavy atom. The summed E-state index contributed by atoms with van der Waals surface area (Å²) in [6, 6.07) is 5.44. The van der Waals surface area contributed by atoms with Crippen molar-refractivity contribution < 1.29 is 18.8 Å². The van der Waals surface area contributed by atoms with Crippen molar-refractivity contribution in [3.8, 4) is 0 Å². The van der Waals surface area contributed by atoms with E-state index in [1.54, 1.807) is 31.5 Å². The molecule has 0 bridgehead atoms. The molecule has 0 unspecified atom stereocenters. The molecule has 0 amide bonds. The number of carbonyl (C=O) groups is 2. The fourth-order valence-electron chi connectivity index (χ4n) is 3.40. The highest BCUT2D eigenvalue weighted by molar-refractivity contribution is 9.10. The van der Waals surface area contributed by atoms with E-state index in [1.807, 2.05) is 12.3 Å². The van der Waals surface area contributed by atoms with Crippen molar-refractivity contribution in [2.45, 2.75) is 37.1 Å². The van der Waals surface area contributed by atoms with Gasteiger partial charge >= 0.3 is 5.97 Å². The fourth-order valence-corrected chi connectivity index (χ4v) is 4.44. The van der Waals surface area contributed by atoms with Gasteiger partial charge in [0.15, 0.2) is 11.5 Å². The van der Waals surface area contributed by atoms with Crippen molar-refractivity contribution in [1.29, 1.82) is 0 Å². The molecular weight excluding hydrogens is 470 g/mol. The van der Waals surface area contributed by atoms with Crippen LogP contribution < -0.4 is 0 Å². The Balaban J connectivity index is 1.78. The van der Waals surface area contributed by atoms with Crippen molar-refractivity contribution in [1.82, 2.24) is 5.16 Å². The van der Waals surface area contributed by atoms with Crippen LogP contribution in [-0.2, 0) is 11.2 Å². The number of ketones is 1. The van der Waals surface area contributed by atoms with Crippen LogP contribution in [0, 0.1) is 0 Å². The highest BCUT2D eigenvalue weighted by Gasteiger charge is 2.39. The lowest BCUT2D eigenvalue weighted by molar-refractivity contribution is 0.0512. The van der Waals surface area contributed by atoms with Gasteiger partial charge in [-0.15, -0.1) is 11.8 Å². The summed E-state index contributed by atoms with van der Waals surface area (Å²) in [5.41, 5.74) is 1.39. The van der Waals surface area contributed by atoms with Gasteiger partial charge in [0.05, 0.1) is 6.61 Å². The maximum absolute atomic E-state index is 13.7. The van der Waals surface area contributed by atoms with Crippen LogP contribution in [-0.4, -0.2) is 47.2 Å². The number of hydrogen-bond acceptors (Lipinski definition) is 8. The molecule has 9 heteroatoms. The van der Waals surface area contributed by atoms with Crippen LogP contribution >= 0.6 is 27.7 Å². The number of benzene rings is 1. The number of ether oxygens (including phenoxy) is 1. The van der Waals surface area contributed by atoms with Crippen molar-refractivity contribution in [3.63, 3.8) is 0 Å². The molecule has 0 radical (unpaired) electrons. The Morgan fingerprint density at radius 1 is 1.30 bits per heavy atom. The Kier molecular flexibility index (Phi) is 5.92. The zero-order valence-electron chi connectivity index (χ0n) is 16.6. The Morgan fingerprint density at radius 2 is 2.03 bits per heavy atom. The molecule has 1 aromatic heterocycles. The summed E-state index contributed by atoms with van der Waals surface area (Å²) in [5, 5.41) is 3.89. The van der Waals surface area contributed by atoms with Gasteiger partial charge in [0, 0.05) is 34.8 Å². The van der Waals surface area contributed by atoms with Gasteiger partial charge in [-0.25, -0.2) is 4.79 Å². The van der Waals surface area contributed by atoms with Crippen molar-refractivity contribution >= 4 is 51.9 Å². The second kappa shape index (κ2) is 8.47. The third-order valence-electron chi connectivity index (χ3n) is 5.04. The standard InChI is InChI=1S/C21H20BrN3O4S/c1-3-28-20(27)17-16(19(29-25-17)12-4-5-12)18(26)15-7-6-14(22)10-13(15)11-21(30-2)23-8-9-24-21/h6-10,12H,3-5,11H2,1-2H3. The number of aromatic nitrogens is 1.